The molecular weight excluding hydrogens is 286 g/mol. The molecule has 0 aliphatic heterocycles. The van der Waals surface area contributed by atoms with Gasteiger partial charge in [0.25, 0.3) is 5.82 Å². The number of hydrogen-bond donors (Lipinski definition) is 0. The van der Waals surface area contributed by atoms with Crippen LogP contribution in [0.5, 0.6) is 0 Å². The summed E-state index contributed by atoms with van der Waals surface area (Å²) >= 11 is 0. The van der Waals surface area contributed by atoms with E-state index >= 15 is 0 Å². The fourth-order valence-corrected chi connectivity index (χ4v) is 1.91. The van der Waals surface area contributed by atoms with Crippen LogP contribution < -0.4 is 0 Å². The van der Waals surface area contributed by atoms with Crippen molar-refractivity contribution in [2.75, 3.05) is 0 Å². The zero-order chi connectivity index (χ0) is 16.3. The molecule has 0 spiro atoms. The molecule has 2 rings (SSSR count). The van der Waals surface area contributed by atoms with Gasteiger partial charge in [-0.2, -0.15) is 10.4 Å². The summed E-state index contributed by atoms with van der Waals surface area (Å²) in [6.45, 7) is 1.85. The topological polar surface area (TPSA) is 115 Å². The van der Waals surface area contributed by atoms with Gasteiger partial charge in [-0.1, -0.05) is 6.08 Å². The highest BCUT2D eigenvalue weighted by atomic mass is 16.6. The molecule has 2 heterocycles. The molecule has 0 saturated carbocycles. The molecule has 22 heavy (non-hydrogen) atoms. The van der Waals surface area contributed by atoms with E-state index in [2.05, 4.69) is 15.1 Å². The number of nitriles is 1. The van der Waals surface area contributed by atoms with Gasteiger partial charge in [0.15, 0.2) is 11.5 Å². The van der Waals surface area contributed by atoms with Crippen LogP contribution in [-0.2, 0) is 14.1 Å². The summed E-state index contributed by atoms with van der Waals surface area (Å²) in [6, 6.07) is 2.03. The largest absolute Gasteiger partial charge is 0.358 e. The van der Waals surface area contributed by atoms with Crippen LogP contribution in [0.25, 0.3) is 11.5 Å². The predicted octanol–water partition coefficient (Wildman–Crippen LogP) is 1.88. The highest BCUT2D eigenvalue weighted by molar-refractivity contribution is 5.77. The van der Waals surface area contributed by atoms with E-state index in [0.29, 0.717) is 5.82 Å². The third-order valence-corrected chi connectivity index (χ3v) is 2.97. The Balaban J connectivity index is 2.61. The van der Waals surface area contributed by atoms with E-state index in [1.807, 2.05) is 13.0 Å². The Morgan fingerprint density at radius 3 is 2.77 bits per heavy atom. The van der Waals surface area contributed by atoms with Gasteiger partial charge in [-0.25, -0.2) is 19.2 Å². The first kappa shape index (κ1) is 15.1. The summed E-state index contributed by atoms with van der Waals surface area (Å²) in [5, 5.41) is 24.5. The third-order valence-electron chi connectivity index (χ3n) is 2.97. The number of nitrogens with zero attached hydrogens (tertiary/aromatic N) is 7. The molecule has 0 fully saturated rings. The lowest BCUT2D eigenvalue weighted by molar-refractivity contribution is -0.391. The average Bonchev–Trinajstić information content (AvgIpc) is 3.00. The van der Waals surface area contributed by atoms with Gasteiger partial charge in [0.2, 0.25) is 0 Å². The molecule has 0 amide bonds. The van der Waals surface area contributed by atoms with E-state index in [1.165, 1.54) is 16.3 Å². The summed E-state index contributed by atoms with van der Waals surface area (Å²) in [5.74, 6) is 0.427. The van der Waals surface area contributed by atoms with Crippen molar-refractivity contribution >= 4 is 17.9 Å². The van der Waals surface area contributed by atoms with Gasteiger partial charge in [0, 0.05) is 13.3 Å². The molecule has 0 aliphatic rings. The number of aromatic nitrogens is 4. The monoisotopic (exact) mass is 299 g/mol. The fourth-order valence-electron chi connectivity index (χ4n) is 1.91. The number of aliphatic imine (C=N–C) groups is 1. The highest BCUT2D eigenvalue weighted by Crippen LogP contribution is 2.30. The maximum absolute atomic E-state index is 10.9. The molecular formula is C13H13N7O2. The first-order chi connectivity index (χ1) is 10.5. The Hall–Kier alpha value is -3.28. The normalized spacial score (nSPS) is 11.4. The molecule has 9 nitrogen and oxygen atoms in total. The maximum atomic E-state index is 10.9. The maximum Gasteiger partial charge on any atom is 0.342 e. The number of imidazole rings is 1. The van der Waals surface area contributed by atoms with Crippen LogP contribution in [0, 0.1) is 21.4 Å². The number of rotatable bonds is 4. The number of nitro groups is 1. The number of aryl methyl sites for hydroxylation is 1. The van der Waals surface area contributed by atoms with E-state index in [4.69, 9.17) is 0 Å². The SMILES string of the molecule is C/C=C/C=Nc1c(C#N)c(-c2ncc([N+](=O)[O-])n2C)nn1C. The van der Waals surface area contributed by atoms with Crippen molar-refractivity contribution in [1.82, 2.24) is 19.3 Å². The van der Waals surface area contributed by atoms with Gasteiger partial charge >= 0.3 is 5.82 Å². The standard InChI is InChI=1S/C13H13N7O2/c1-4-5-6-15-12-9(7-14)11(17-19(12)3)13-16-8-10(18(13)2)20(21)22/h4-6,8H,1-3H3/b5-4+,15-6?. The molecule has 9 heteroatoms. The first-order valence-electron chi connectivity index (χ1n) is 6.30. The highest BCUT2D eigenvalue weighted by Gasteiger charge is 2.26. The Morgan fingerprint density at radius 1 is 1.50 bits per heavy atom. The molecule has 2 aromatic heterocycles. The van der Waals surface area contributed by atoms with Crippen molar-refractivity contribution in [2.45, 2.75) is 6.92 Å². The Kier molecular flexibility index (Phi) is 4.13. The van der Waals surface area contributed by atoms with Crippen LogP contribution >= 0.6 is 0 Å². The zero-order valence-corrected chi connectivity index (χ0v) is 12.3. The second-order valence-electron chi connectivity index (χ2n) is 4.34. The molecule has 0 aromatic carbocycles. The van der Waals surface area contributed by atoms with Crippen molar-refractivity contribution in [2.24, 2.45) is 19.1 Å². The molecule has 0 atom stereocenters. The molecule has 0 unspecified atom stereocenters. The first-order valence-corrected chi connectivity index (χ1v) is 6.30. The number of allylic oxidation sites excluding steroid dienone is 2. The van der Waals surface area contributed by atoms with Gasteiger partial charge in [-0.15, -0.1) is 0 Å². The lowest BCUT2D eigenvalue weighted by Crippen LogP contribution is -2.00. The fraction of sp³-hybridized carbons (Fsp3) is 0.231. The van der Waals surface area contributed by atoms with Crippen LogP contribution in [0.3, 0.4) is 0 Å². The quantitative estimate of drug-likeness (QED) is 0.485. The number of hydrogen-bond acceptors (Lipinski definition) is 6. The van der Waals surface area contributed by atoms with Crippen molar-refractivity contribution in [3.8, 4) is 17.6 Å². The predicted molar refractivity (Wildman–Crippen MR) is 79.7 cm³/mol. The smallest absolute Gasteiger partial charge is 0.342 e. The minimum absolute atomic E-state index is 0.177. The zero-order valence-electron chi connectivity index (χ0n) is 12.3. The van der Waals surface area contributed by atoms with Crippen molar-refractivity contribution < 1.29 is 4.92 Å². The van der Waals surface area contributed by atoms with E-state index in [9.17, 15) is 15.4 Å². The van der Waals surface area contributed by atoms with Gasteiger partial charge in [0.1, 0.15) is 17.8 Å². The van der Waals surface area contributed by atoms with Gasteiger partial charge in [0.05, 0.1) is 7.05 Å². The Morgan fingerprint density at radius 2 is 2.23 bits per heavy atom. The molecule has 0 N–H and O–H groups in total. The van der Waals surface area contributed by atoms with E-state index in [1.54, 1.807) is 25.4 Å². The molecule has 0 bridgehead atoms. The van der Waals surface area contributed by atoms with Gasteiger partial charge in [-0.3, -0.25) is 0 Å². The second-order valence-corrected chi connectivity index (χ2v) is 4.34. The van der Waals surface area contributed by atoms with Crippen LogP contribution in [0.1, 0.15) is 12.5 Å². The summed E-state index contributed by atoms with van der Waals surface area (Å²) in [5.41, 5.74) is 0.472. The third kappa shape index (κ3) is 2.49. The van der Waals surface area contributed by atoms with E-state index in [0.717, 1.165) is 6.20 Å². The minimum atomic E-state index is -0.545. The summed E-state index contributed by atoms with van der Waals surface area (Å²) in [4.78, 5) is 18.5. The van der Waals surface area contributed by atoms with Gasteiger partial charge < -0.3 is 10.1 Å². The Labute approximate surface area is 126 Å². The van der Waals surface area contributed by atoms with Crippen molar-refractivity contribution in [3.05, 3.63) is 34.0 Å². The van der Waals surface area contributed by atoms with Crippen LogP contribution in [0.2, 0.25) is 0 Å². The second kappa shape index (κ2) is 6.01. The lowest BCUT2D eigenvalue weighted by atomic mass is 10.2. The van der Waals surface area contributed by atoms with Crippen LogP contribution in [0.4, 0.5) is 11.6 Å². The molecule has 0 aliphatic carbocycles. The summed E-state index contributed by atoms with van der Waals surface area (Å²) < 4.78 is 2.72. The Bertz CT molecular complexity index is 820. The average molecular weight is 299 g/mol. The molecule has 112 valence electrons. The van der Waals surface area contributed by atoms with Crippen LogP contribution in [-0.4, -0.2) is 30.5 Å². The summed E-state index contributed by atoms with van der Waals surface area (Å²) in [7, 11) is 3.14. The summed E-state index contributed by atoms with van der Waals surface area (Å²) in [6.07, 6.45) is 6.20. The van der Waals surface area contributed by atoms with Crippen molar-refractivity contribution in [1.29, 1.82) is 5.26 Å². The van der Waals surface area contributed by atoms with E-state index < -0.39 is 4.92 Å². The molecule has 0 saturated heterocycles. The van der Waals surface area contributed by atoms with E-state index in [-0.39, 0.29) is 22.9 Å². The van der Waals surface area contributed by atoms with Crippen molar-refractivity contribution in [3.63, 3.8) is 0 Å². The van der Waals surface area contributed by atoms with Gasteiger partial charge in [-0.05, 0) is 17.9 Å². The minimum Gasteiger partial charge on any atom is -0.358 e. The van der Waals surface area contributed by atoms with Crippen LogP contribution in [0.15, 0.2) is 23.3 Å². The molecule has 2 aromatic rings. The molecule has 0 radical (unpaired) electrons. The lowest BCUT2D eigenvalue weighted by Gasteiger charge is -1.95.